The number of nitrogens with one attached hydrogen (secondary N) is 1. The second-order valence-electron chi connectivity index (χ2n) is 6.56. The van der Waals surface area contributed by atoms with E-state index in [2.05, 4.69) is 10.4 Å². The number of anilines is 1. The van der Waals surface area contributed by atoms with E-state index in [1.54, 1.807) is 17.7 Å². The summed E-state index contributed by atoms with van der Waals surface area (Å²) in [6.07, 6.45) is -7.19. The molecular weight excluding hydrogens is 313 g/mol. The molecule has 0 aliphatic rings. The lowest BCUT2D eigenvalue weighted by Crippen LogP contribution is -2.42. The van der Waals surface area contributed by atoms with E-state index in [9.17, 15) is 18.0 Å². The summed E-state index contributed by atoms with van der Waals surface area (Å²) in [5.74, 6) is -0.00274. The van der Waals surface area contributed by atoms with Crippen molar-refractivity contribution in [2.24, 2.45) is 0 Å². The number of rotatable bonds is 5. The third-order valence-corrected chi connectivity index (χ3v) is 3.01. The summed E-state index contributed by atoms with van der Waals surface area (Å²) in [4.78, 5) is 13.1. The largest absolute Gasteiger partial charge is 0.415 e. The van der Waals surface area contributed by atoms with Gasteiger partial charge in [0, 0.05) is 12.6 Å². The first-order valence-electron chi connectivity index (χ1n) is 7.11. The number of alkyl halides is 3. The number of amides is 1. The lowest BCUT2D eigenvalue weighted by Gasteiger charge is -2.24. The Hall–Kier alpha value is -1.61. The van der Waals surface area contributed by atoms with Gasteiger partial charge in [-0.2, -0.15) is 18.3 Å². The van der Waals surface area contributed by atoms with E-state index in [1.165, 1.54) is 7.05 Å². The number of aliphatic hydroxyl groups excluding tert-OH is 1. The molecule has 1 atom stereocenters. The molecular formula is C14H23F3N4O2. The van der Waals surface area contributed by atoms with E-state index in [0.717, 1.165) is 10.6 Å². The number of aromatic nitrogens is 2. The Kier molecular flexibility index (Phi) is 5.81. The maximum atomic E-state index is 12.3. The van der Waals surface area contributed by atoms with Crippen molar-refractivity contribution in [1.82, 2.24) is 14.7 Å². The minimum Gasteiger partial charge on any atom is -0.382 e. The topological polar surface area (TPSA) is 70.4 Å². The Balaban J connectivity index is 2.68. The average Bonchev–Trinajstić information content (AvgIpc) is 2.67. The second-order valence-corrected chi connectivity index (χ2v) is 6.56. The molecule has 0 saturated heterocycles. The highest BCUT2D eigenvalue weighted by Gasteiger charge is 2.38. The standard InChI is InChI=1S/C14H23F3N4O2/c1-9-6-11(21(19-9)13(2,3)4)18-12(23)8-20(5)7-10(22)14(15,16)17/h6,10,22H,7-8H2,1-5H3,(H,18,23). The minimum absolute atomic E-state index is 0.276. The molecule has 23 heavy (non-hydrogen) atoms. The van der Waals surface area contributed by atoms with Crippen LogP contribution in [-0.2, 0) is 10.3 Å². The van der Waals surface area contributed by atoms with E-state index in [-0.39, 0.29) is 12.1 Å². The molecule has 0 saturated carbocycles. The fraction of sp³-hybridized carbons (Fsp3) is 0.714. The van der Waals surface area contributed by atoms with Gasteiger partial charge in [0.2, 0.25) is 5.91 Å². The highest BCUT2D eigenvalue weighted by atomic mass is 19.4. The van der Waals surface area contributed by atoms with Crippen LogP contribution < -0.4 is 5.32 Å². The quantitative estimate of drug-likeness (QED) is 0.859. The number of aryl methyl sites for hydroxylation is 1. The van der Waals surface area contributed by atoms with Crippen LogP contribution in [0.4, 0.5) is 19.0 Å². The predicted octanol–water partition coefficient (Wildman–Crippen LogP) is 1.74. The molecule has 0 aliphatic carbocycles. The van der Waals surface area contributed by atoms with Crippen LogP contribution >= 0.6 is 0 Å². The number of hydrogen-bond acceptors (Lipinski definition) is 4. The first kappa shape index (κ1) is 19.4. The Morgan fingerprint density at radius 1 is 1.43 bits per heavy atom. The van der Waals surface area contributed by atoms with Gasteiger partial charge in [-0.25, -0.2) is 4.68 Å². The smallest absolute Gasteiger partial charge is 0.382 e. The van der Waals surface area contributed by atoms with E-state index >= 15 is 0 Å². The molecule has 0 bridgehead atoms. The summed E-state index contributed by atoms with van der Waals surface area (Å²) in [6, 6.07) is 1.69. The molecule has 1 unspecified atom stereocenters. The molecule has 0 aromatic carbocycles. The molecule has 2 N–H and O–H groups in total. The highest BCUT2D eigenvalue weighted by molar-refractivity contribution is 5.91. The predicted molar refractivity (Wildman–Crippen MR) is 80.1 cm³/mol. The minimum atomic E-state index is -4.70. The third kappa shape index (κ3) is 5.83. The Morgan fingerprint density at radius 2 is 2.00 bits per heavy atom. The van der Waals surface area contributed by atoms with Gasteiger partial charge in [0.1, 0.15) is 5.82 Å². The summed E-state index contributed by atoms with van der Waals surface area (Å²) >= 11 is 0. The lowest BCUT2D eigenvalue weighted by molar-refractivity contribution is -0.207. The molecule has 1 heterocycles. The van der Waals surface area contributed by atoms with E-state index in [1.807, 2.05) is 20.8 Å². The molecule has 1 aromatic rings. The van der Waals surface area contributed by atoms with E-state index in [4.69, 9.17) is 5.11 Å². The summed E-state index contributed by atoms with van der Waals surface area (Å²) in [5.41, 5.74) is 0.367. The van der Waals surface area contributed by atoms with Crippen LogP contribution in [0.3, 0.4) is 0 Å². The maximum absolute atomic E-state index is 12.3. The molecule has 0 fully saturated rings. The van der Waals surface area contributed by atoms with Crippen LogP contribution in [0, 0.1) is 6.92 Å². The molecule has 0 spiro atoms. The summed E-state index contributed by atoms with van der Waals surface area (Å²) in [6.45, 7) is 6.59. The molecule has 9 heteroatoms. The number of hydrogen-bond donors (Lipinski definition) is 2. The number of halogens is 3. The number of likely N-dealkylation sites (N-methyl/N-ethyl adjacent to an activating group) is 1. The van der Waals surface area contributed by atoms with E-state index in [0.29, 0.717) is 5.82 Å². The van der Waals surface area contributed by atoms with Crippen LogP contribution in [0.5, 0.6) is 0 Å². The van der Waals surface area contributed by atoms with Crippen molar-refractivity contribution in [3.8, 4) is 0 Å². The van der Waals surface area contributed by atoms with Crippen LogP contribution in [0.1, 0.15) is 26.5 Å². The molecule has 6 nitrogen and oxygen atoms in total. The number of aliphatic hydroxyl groups is 1. The molecule has 1 rings (SSSR count). The summed E-state index contributed by atoms with van der Waals surface area (Å²) in [7, 11) is 1.33. The van der Waals surface area contributed by atoms with Gasteiger partial charge in [0.05, 0.1) is 17.8 Å². The summed E-state index contributed by atoms with van der Waals surface area (Å²) < 4.78 is 38.5. The first-order valence-corrected chi connectivity index (χ1v) is 7.11. The van der Waals surface area contributed by atoms with Crippen molar-refractivity contribution < 1.29 is 23.1 Å². The Bertz CT molecular complexity index is 549. The highest BCUT2D eigenvalue weighted by Crippen LogP contribution is 2.22. The van der Waals surface area contributed by atoms with Crippen molar-refractivity contribution in [2.75, 3.05) is 25.5 Å². The van der Waals surface area contributed by atoms with E-state index < -0.39 is 24.7 Å². The number of nitrogens with zero attached hydrogens (tertiary/aromatic N) is 3. The van der Waals surface area contributed by atoms with Gasteiger partial charge in [0.15, 0.2) is 6.10 Å². The summed E-state index contributed by atoms with van der Waals surface area (Å²) in [5, 5.41) is 15.9. The van der Waals surface area contributed by atoms with Gasteiger partial charge in [-0.15, -0.1) is 0 Å². The zero-order chi connectivity index (χ0) is 18.0. The van der Waals surface area contributed by atoms with Crippen LogP contribution in [-0.4, -0.2) is 58.1 Å². The SMILES string of the molecule is Cc1cc(NC(=O)CN(C)CC(O)C(F)(F)F)n(C(C)(C)C)n1. The van der Waals surface area contributed by atoms with Gasteiger partial charge >= 0.3 is 6.18 Å². The lowest BCUT2D eigenvalue weighted by atomic mass is 10.1. The van der Waals surface area contributed by atoms with Crippen molar-refractivity contribution in [1.29, 1.82) is 0 Å². The van der Waals surface area contributed by atoms with Gasteiger partial charge in [-0.05, 0) is 34.7 Å². The van der Waals surface area contributed by atoms with Crippen molar-refractivity contribution in [3.63, 3.8) is 0 Å². The zero-order valence-electron chi connectivity index (χ0n) is 13.9. The second kappa shape index (κ2) is 6.88. The molecule has 0 radical (unpaired) electrons. The monoisotopic (exact) mass is 336 g/mol. The van der Waals surface area contributed by atoms with Crippen LogP contribution in [0.2, 0.25) is 0 Å². The van der Waals surface area contributed by atoms with Crippen LogP contribution in [0.25, 0.3) is 0 Å². The number of carbonyl (C=O) groups is 1. The van der Waals surface area contributed by atoms with Gasteiger partial charge in [-0.1, -0.05) is 0 Å². The van der Waals surface area contributed by atoms with Gasteiger partial charge in [0.25, 0.3) is 0 Å². The fourth-order valence-electron chi connectivity index (χ4n) is 1.99. The zero-order valence-corrected chi connectivity index (χ0v) is 13.9. The van der Waals surface area contributed by atoms with Gasteiger partial charge in [-0.3, -0.25) is 9.69 Å². The van der Waals surface area contributed by atoms with Crippen molar-refractivity contribution in [3.05, 3.63) is 11.8 Å². The first-order chi connectivity index (χ1) is 10.3. The maximum Gasteiger partial charge on any atom is 0.415 e. The average molecular weight is 336 g/mol. The molecule has 0 aliphatic heterocycles. The normalized spacial score (nSPS) is 14.2. The molecule has 132 valence electrons. The van der Waals surface area contributed by atoms with Gasteiger partial charge < -0.3 is 10.4 Å². The van der Waals surface area contributed by atoms with Crippen molar-refractivity contribution in [2.45, 2.75) is 45.5 Å². The Morgan fingerprint density at radius 3 is 2.48 bits per heavy atom. The fourth-order valence-corrected chi connectivity index (χ4v) is 1.99. The number of carbonyl (C=O) groups excluding carboxylic acids is 1. The third-order valence-electron chi connectivity index (χ3n) is 3.01. The Labute approximate surface area is 133 Å². The molecule has 1 aromatic heterocycles. The molecule has 1 amide bonds. The van der Waals surface area contributed by atoms with Crippen molar-refractivity contribution >= 4 is 11.7 Å². The van der Waals surface area contributed by atoms with Crippen LogP contribution in [0.15, 0.2) is 6.07 Å².